The second kappa shape index (κ2) is 6.29. The van der Waals surface area contributed by atoms with E-state index in [0.717, 1.165) is 5.56 Å². The van der Waals surface area contributed by atoms with Gasteiger partial charge in [-0.15, -0.1) is 0 Å². The van der Waals surface area contributed by atoms with E-state index in [-0.39, 0.29) is 17.6 Å². The Hall–Kier alpha value is -1.84. The number of fused-ring (bicyclic) bond motifs is 1. The Morgan fingerprint density at radius 3 is 2.33 bits per heavy atom. The molecule has 21 heavy (non-hydrogen) atoms. The number of nitrogens with one attached hydrogen (secondary N) is 1. The van der Waals surface area contributed by atoms with Crippen molar-refractivity contribution in [2.45, 2.75) is 38.5 Å². The molecule has 2 saturated carbocycles. The lowest BCUT2D eigenvalue weighted by atomic mass is 10.0. The molecule has 0 aliphatic heterocycles. The van der Waals surface area contributed by atoms with Crippen LogP contribution in [0.25, 0.3) is 0 Å². The second-order valence-corrected chi connectivity index (χ2v) is 6.17. The van der Waals surface area contributed by atoms with E-state index in [1.54, 1.807) is 30.5 Å². The number of rotatable bonds is 3. The minimum atomic E-state index is 0.0712. The zero-order valence-electron chi connectivity index (χ0n) is 12.2. The summed E-state index contributed by atoms with van der Waals surface area (Å²) in [5, 5.41) is 13.2. The fraction of sp³-hybridized carbons (Fsp3) is 0.529. The molecule has 1 aromatic carbocycles. The summed E-state index contributed by atoms with van der Waals surface area (Å²) in [5.74, 6) is 1.66. The van der Waals surface area contributed by atoms with Gasteiger partial charge in [0.05, 0.1) is 6.21 Å². The smallest absolute Gasteiger partial charge is 0.243 e. The third-order valence-corrected chi connectivity index (χ3v) is 4.74. The summed E-state index contributed by atoms with van der Waals surface area (Å²) in [7, 11) is 0. The third kappa shape index (κ3) is 3.43. The van der Waals surface area contributed by atoms with Gasteiger partial charge in [0, 0.05) is 5.92 Å². The first-order chi connectivity index (χ1) is 10.3. The maximum atomic E-state index is 12.2. The van der Waals surface area contributed by atoms with E-state index in [1.165, 1.54) is 38.5 Å². The highest BCUT2D eigenvalue weighted by Gasteiger charge is 2.53. The van der Waals surface area contributed by atoms with Gasteiger partial charge in [-0.05, 0) is 54.5 Å². The predicted molar refractivity (Wildman–Crippen MR) is 82.0 cm³/mol. The highest BCUT2D eigenvalue weighted by molar-refractivity contribution is 5.85. The Labute approximate surface area is 125 Å². The van der Waals surface area contributed by atoms with Crippen molar-refractivity contribution < 1.29 is 9.90 Å². The molecule has 2 fully saturated rings. The zero-order chi connectivity index (χ0) is 14.7. The molecular weight excluding hydrogens is 264 g/mol. The summed E-state index contributed by atoms with van der Waals surface area (Å²) in [5.41, 5.74) is 3.53. The molecule has 2 aliphatic carbocycles. The van der Waals surface area contributed by atoms with Crippen LogP contribution in [0.3, 0.4) is 0 Å². The number of nitrogens with zero attached hydrogens (tertiary/aromatic N) is 1. The number of hydrazone groups is 1. The minimum absolute atomic E-state index is 0.0712. The van der Waals surface area contributed by atoms with Crippen molar-refractivity contribution in [2.75, 3.05) is 0 Å². The number of phenols is 1. The summed E-state index contributed by atoms with van der Waals surface area (Å²) < 4.78 is 0. The number of hydrogen-bond acceptors (Lipinski definition) is 3. The van der Waals surface area contributed by atoms with Crippen LogP contribution in [0.4, 0.5) is 0 Å². The molecule has 1 aromatic rings. The first kappa shape index (κ1) is 14.1. The van der Waals surface area contributed by atoms with E-state index in [4.69, 9.17) is 0 Å². The van der Waals surface area contributed by atoms with Crippen LogP contribution in [0.1, 0.15) is 44.1 Å². The number of phenolic OH excluding ortho intramolecular Hbond substituents is 1. The lowest BCUT2D eigenvalue weighted by Crippen LogP contribution is -2.21. The summed E-state index contributed by atoms with van der Waals surface area (Å²) in [6.45, 7) is 0. The lowest BCUT2D eigenvalue weighted by molar-refractivity contribution is -0.122. The fourth-order valence-corrected chi connectivity index (χ4v) is 3.54. The lowest BCUT2D eigenvalue weighted by Gasteiger charge is -2.04. The summed E-state index contributed by atoms with van der Waals surface area (Å²) >= 11 is 0. The number of amides is 1. The highest BCUT2D eigenvalue weighted by Crippen LogP contribution is 2.53. The molecule has 4 nitrogen and oxygen atoms in total. The fourth-order valence-electron chi connectivity index (χ4n) is 3.54. The Balaban J connectivity index is 1.51. The van der Waals surface area contributed by atoms with Gasteiger partial charge in [-0.1, -0.05) is 25.7 Å². The van der Waals surface area contributed by atoms with Crippen molar-refractivity contribution in [1.82, 2.24) is 5.43 Å². The predicted octanol–water partition coefficient (Wildman–Crippen LogP) is 3.06. The Kier molecular flexibility index (Phi) is 4.23. The van der Waals surface area contributed by atoms with Gasteiger partial charge in [-0.25, -0.2) is 5.43 Å². The summed E-state index contributed by atoms with van der Waals surface area (Å²) in [6, 6.07) is 6.73. The second-order valence-electron chi connectivity index (χ2n) is 6.17. The number of hydrogen-bond donors (Lipinski definition) is 2. The van der Waals surface area contributed by atoms with E-state index in [1.807, 2.05) is 0 Å². The van der Waals surface area contributed by atoms with E-state index >= 15 is 0 Å². The number of carbonyl (C=O) groups excluding carboxylic acids is 1. The van der Waals surface area contributed by atoms with Gasteiger partial charge in [0.25, 0.3) is 0 Å². The third-order valence-electron chi connectivity index (χ3n) is 4.74. The molecule has 0 radical (unpaired) electrons. The van der Waals surface area contributed by atoms with Crippen LogP contribution in [0, 0.1) is 17.8 Å². The molecule has 0 aromatic heterocycles. The van der Waals surface area contributed by atoms with Gasteiger partial charge >= 0.3 is 0 Å². The standard InChI is InChI=1S/C17H22N2O2/c20-13-9-7-12(8-10-13)11-18-19-17(21)16-14-5-3-1-2-4-6-15(14)16/h7-11,14-16,20H,1-6H2,(H,19,21). The maximum Gasteiger partial charge on any atom is 0.243 e. The molecule has 0 spiro atoms. The highest BCUT2D eigenvalue weighted by atomic mass is 16.3. The van der Waals surface area contributed by atoms with Crippen molar-refractivity contribution >= 4 is 12.1 Å². The molecule has 1 amide bonds. The topological polar surface area (TPSA) is 61.7 Å². The van der Waals surface area contributed by atoms with E-state index in [2.05, 4.69) is 10.5 Å². The van der Waals surface area contributed by atoms with Crippen molar-refractivity contribution in [3.8, 4) is 5.75 Å². The molecule has 2 N–H and O–H groups in total. The average molecular weight is 286 g/mol. The first-order valence-electron chi connectivity index (χ1n) is 7.87. The summed E-state index contributed by atoms with van der Waals surface area (Å²) in [6.07, 6.45) is 9.17. The van der Waals surface area contributed by atoms with Crippen LogP contribution < -0.4 is 5.43 Å². The Morgan fingerprint density at radius 2 is 1.71 bits per heavy atom. The molecule has 0 bridgehead atoms. The van der Waals surface area contributed by atoms with Crippen LogP contribution in [0.5, 0.6) is 5.75 Å². The van der Waals surface area contributed by atoms with Crippen molar-refractivity contribution in [3.63, 3.8) is 0 Å². The molecule has 2 unspecified atom stereocenters. The van der Waals surface area contributed by atoms with Crippen LogP contribution in [-0.4, -0.2) is 17.2 Å². The monoisotopic (exact) mass is 286 g/mol. The van der Waals surface area contributed by atoms with Gasteiger partial charge in [0.1, 0.15) is 5.75 Å². The molecule has 2 aliphatic rings. The van der Waals surface area contributed by atoms with Gasteiger partial charge in [-0.2, -0.15) is 5.10 Å². The molecule has 112 valence electrons. The first-order valence-corrected chi connectivity index (χ1v) is 7.87. The van der Waals surface area contributed by atoms with Crippen molar-refractivity contribution in [2.24, 2.45) is 22.9 Å². The number of aromatic hydroxyl groups is 1. The molecule has 0 saturated heterocycles. The van der Waals surface area contributed by atoms with E-state index < -0.39 is 0 Å². The zero-order valence-corrected chi connectivity index (χ0v) is 12.2. The molecule has 4 heteroatoms. The van der Waals surface area contributed by atoms with Crippen LogP contribution in [-0.2, 0) is 4.79 Å². The van der Waals surface area contributed by atoms with Crippen molar-refractivity contribution in [3.05, 3.63) is 29.8 Å². The molecule has 0 heterocycles. The number of benzene rings is 1. The van der Waals surface area contributed by atoms with Gasteiger partial charge in [-0.3, -0.25) is 4.79 Å². The largest absolute Gasteiger partial charge is 0.508 e. The Bertz CT molecular complexity index is 510. The maximum absolute atomic E-state index is 12.2. The summed E-state index contributed by atoms with van der Waals surface area (Å²) in [4.78, 5) is 12.2. The molecule has 2 atom stereocenters. The van der Waals surface area contributed by atoms with Crippen molar-refractivity contribution in [1.29, 1.82) is 0 Å². The molecule has 3 rings (SSSR count). The quantitative estimate of drug-likeness (QED) is 0.662. The number of carbonyl (C=O) groups is 1. The Morgan fingerprint density at radius 1 is 1.10 bits per heavy atom. The van der Waals surface area contributed by atoms with Crippen LogP contribution >= 0.6 is 0 Å². The van der Waals surface area contributed by atoms with E-state index in [9.17, 15) is 9.90 Å². The molecular formula is C17H22N2O2. The minimum Gasteiger partial charge on any atom is -0.508 e. The normalized spacial score (nSPS) is 28.5. The SMILES string of the molecule is O=C(NN=Cc1ccc(O)cc1)C1C2CCCCCCC21. The van der Waals surface area contributed by atoms with Gasteiger partial charge in [0.2, 0.25) is 5.91 Å². The van der Waals surface area contributed by atoms with Crippen LogP contribution in [0.2, 0.25) is 0 Å². The van der Waals surface area contributed by atoms with Gasteiger partial charge < -0.3 is 5.11 Å². The average Bonchev–Trinajstić information content (AvgIpc) is 3.12. The van der Waals surface area contributed by atoms with Gasteiger partial charge in [0.15, 0.2) is 0 Å². The van der Waals surface area contributed by atoms with Crippen LogP contribution in [0.15, 0.2) is 29.4 Å². The van der Waals surface area contributed by atoms with E-state index in [0.29, 0.717) is 11.8 Å².